The molecule has 4 rings (SSSR count). The molecule has 2 bridgehead atoms. The highest BCUT2D eigenvalue weighted by Crippen LogP contribution is 2.51. The number of hydrogen-bond acceptors (Lipinski definition) is 4. The van der Waals surface area contributed by atoms with E-state index in [2.05, 4.69) is 55.3 Å². The number of carbonyl (C=O) groups is 1. The van der Waals surface area contributed by atoms with E-state index in [0.29, 0.717) is 18.4 Å². The molecule has 142 valence electrons. The predicted octanol–water partition coefficient (Wildman–Crippen LogP) is 4.52. The summed E-state index contributed by atoms with van der Waals surface area (Å²) in [4.78, 5) is 24.2. The van der Waals surface area contributed by atoms with Gasteiger partial charge in [0, 0.05) is 18.9 Å². The molecule has 0 radical (unpaired) electrons. The van der Waals surface area contributed by atoms with Gasteiger partial charge in [0.1, 0.15) is 0 Å². The number of benzene rings is 1. The molecule has 5 nitrogen and oxygen atoms in total. The highest BCUT2D eigenvalue weighted by molar-refractivity contribution is 5.92. The number of carbonyl (C=O) groups excluding carboxylic acids is 1. The minimum atomic E-state index is -0.0468. The molecule has 0 spiro atoms. The van der Waals surface area contributed by atoms with Crippen molar-refractivity contribution < 1.29 is 4.79 Å². The van der Waals surface area contributed by atoms with E-state index < -0.39 is 0 Å². The second kappa shape index (κ2) is 6.32. The highest BCUT2D eigenvalue weighted by atomic mass is 16.1. The number of fused-ring (bicyclic) bond motifs is 5. The van der Waals surface area contributed by atoms with Crippen LogP contribution in [0.3, 0.4) is 0 Å². The largest absolute Gasteiger partial charge is 0.333 e. The highest BCUT2D eigenvalue weighted by Gasteiger charge is 2.43. The van der Waals surface area contributed by atoms with E-state index in [1.54, 1.807) is 0 Å². The number of nitrogens with zero attached hydrogens (tertiary/aromatic N) is 3. The normalized spacial score (nSPS) is 20.7. The van der Waals surface area contributed by atoms with Crippen molar-refractivity contribution in [1.82, 2.24) is 9.97 Å². The van der Waals surface area contributed by atoms with E-state index in [-0.39, 0.29) is 11.3 Å². The average molecular weight is 364 g/mol. The van der Waals surface area contributed by atoms with Gasteiger partial charge < -0.3 is 10.2 Å². The van der Waals surface area contributed by atoms with Crippen molar-refractivity contribution in [3.8, 4) is 0 Å². The molecule has 2 heterocycles. The van der Waals surface area contributed by atoms with Gasteiger partial charge in [-0.15, -0.1) is 0 Å². The van der Waals surface area contributed by atoms with E-state index in [1.165, 1.54) is 11.1 Å². The van der Waals surface area contributed by atoms with Crippen molar-refractivity contribution in [3.05, 3.63) is 46.8 Å². The van der Waals surface area contributed by atoms with Crippen LogP contribution in [0.5, 0.6) is 0 Å². The molecule has 0 saturated carbocycles. The lowest BCUT2D eigenvalue weighted by Crippen LogP contribution is -2.29. The summed E-state index contributed by atoms with van der Waals surface area (Å²) in [7, 11) is 0. The topological polar surface area (TPSA) is 58.1 Å². The van der Waals surface area contributed by atoms with Crippen LogP contribution < -0.4 is 10.2 Å². The number of amides is 1. The molecular formula is C22H28N4O. The quantitative estimate of drug-likeness (QED) is 0.870. The number of anilines is 2. The van der Waals surface area contributed by atoms with Crippen LogP contribution in [-0.4, -0.2) is 22.4 Å². The van der Waals surface area contributed by atoms with E-state index in [4.69, 9.17) is 9.97 Å². The molecule has 1 aromatic carbocycles. The Morgan fingerprint density at radius 1 is 1.15 bits per heavy atom. The maximum atomic E-state index is 12.3. The van der Waals surface area contributed by atoms with Gasteiger partial charge in [-0.25, -0.2) is 9.97 Å². The Hall–Kier alpha value is -2.43. The summed E-state index contributed by atoms with van der Waals surface area (Å²) in [5.41, 5.74) is 5.26. The molecule has 2 atom stereocenters. The molecule has 1 N–H and O–H groups in total. The Labute approximate surface area is 161 Å². The molecule has 27 heavy (non-hydrogen) atoms. The van der Waals surface area contributed by atoms with Gasteiger partial charge in [0.15, 0.2) is 0 Å². The predicted molar refractivity (Wildman–Crippen MR) is 108 cm³/mol. The standard InChI is InChI=1S/C22H28N4O/c1-13-20(25-19(27)11-22(3,4)5)14(2)24-21(23-13)26-12-15-10-18(26)17-9-7-6-8-16(15)17/h6-9,15,18H,10-12H2,1-5H3,(H,25,27)/t15-,18-/m0/s1. The fourth-order valence-electron chi connectivity index (χ4n) is 4.44. The molecule has 5 heteroatoms. The summed E-state index contributed by atoms with van der Waals surface area (Å²) in [6.45, 7) is 11.1. The molecule has 1 saturated heterocycles. The second-order valence-corrected chi connectivity index (χ2v) is 9.08. The van der Waals surface area contributed by atoms with Crippen LogP contribution in [0.2, 0.25) is 0 Å². The van der Waals surface area contributed by atoms with Crippen LogP contribution in [0, 0.1) is 19.3 Å². The van der Waals surface area contributed by atoms with Gasteiger partial charge in [0.25, 0.3) is 0 Å². The van der Waals surface area contributed by atoms with E-state index >= 15 is 0 Å². The molecular weight excluding hydrogens is 336 g/mol. The van der Waals surface area contributed by atoms with Gasteiger partial charge in [0.05, 0.1) is 23.1 Å². The lowest BCUT2D eigenvalue weighted by atomic mass is 9.92. The van der Waals surface area contributed by atoms with Gasteiger partial charge in [-0.3, -0.25) is 4.79 Å². The van der Waals surface area contributed by atoms with Crippen molar-refractivity contribution in [1.29, 1.82) is 0 Å². The number of hydrogen-bond donors (Lipinski definition) is 1. The second-order valence-electron chi connectivity index (χ2n) is 9.08. The SMILES string of the molecule is Cc1nc(N2C[C@@H]3C[C@H]2c2ccccc23)nc(C)c1NC(=O)CC(C)(C)C. The molecule has 1 aliphatic heterocycles. The van der Waals surface area contributed by atoms with Crippen LogP contribution in [0.4, 0.5) is 11.6 Å². The zero-order valence-electron chi connectivity index (χ0n) is 16.8. The first-order valence-electron chi connectivity index (χ1n) is 9.73. The Balaban J connectivity index is 1.58. The van der Waals surface area contributed by atoms with Gasteiger partial charge in [0.2, 0.25) is 11.9 Å². The van der Waals surface area contributed by atoms with Gasteiger partial charge >= 0.3 is 0 Å². The number of nitrogens with one attached hydrogen (secondary N) is 1. The van der Waals surface area contributed by atoms with E-state index in [1.807, 2.05) is 13.8 Å². The fourth-order valence-corrected chi connectivity index (χ4v) is 4.44. The Kier molecular flexibility index (Phi) is 4.21. The summed E-state index contributed by atoms with van der Waals surface area (Å²) in [5, 5.41) is 3.02. The summed E-state index contributed by atoms with van der Waals surface area (Å²) < 4.78 is 0. The molecule has 0 unspecified atom stereocenters. The molecule has 2 aromatic rings. The van der Waals surface area contributed by atoms with Crippen LogP contribution in [-0.2, 0) is 4.79 Å². The van der Waals surface area contributed by atoms with Crippen LogP contribution in [0.25, 0.3) is 0 Å². The van der Waals surface area contributed by atoms with Crippen LogP contribution in [0.15, 0.2) is 24.3 Å². The van der Waals surface area contributed by atoms with E-state index in [0.717, 1.165) is 36.0 Å². The van der Waals surface area contributed by atoms with Crippen molar-refractivity contribution in [3.63, 3.8) is 0 Å². The molecule has 1 amide bonds. The van der Waals surface area contributed by atoms with E-state index in [9.17, 15) is 4.79 Å². The Bertz CT molecular complexity index is 876. The fraction of sp³-hybridized carbons (Fsp3) is 0.500. The summed E-state index contributed by atoms with van der Waals surface area (Å²) in [6, 6.07) is 9.09. The van der Waals surface area contributed by atoms with Gasteiger partial charge in [-0.2, -0.15) is 0 Å². The van der Waals surface area contributed by atoms with Crippen LogP contribution >= 0.6 is 0 Å². The summed E-state index contributed by atoms with van der Waals surface area (Å²) in [6.07, 6.45) is 1.62. The Morgan fingerprint density at radius 3 is 2.41 bits per heavy atom. The maximum absolute atomic E-state index is 12.3. The monoisotopic (exact) mass is 364 g/mol. The zero-order chi connectivity index (χ0) is 19.3. The zero-order valence-corrected chi connectivity index (χ0v) is 16.8. The molecule has 1 aromatic heterocycles. The molecule has 2 aliphatic rings. The third kappa shape index (κ3) is 3.31. The average Bonchev–Trinajstić information content (AvgIpc) is 3.16. The minimum absolute atomic E-state index is 0.0132. The van der Waals surface area contributed by atoms with Gasteiger partial charge in [-0.05, 0) is 36.8 Å². The summed E-state index contributed by atoms with van der Waals surface area (Å²) in [5.74, 6) is 1.36. The van der Waals surface area contributed by atoms with Crippen molar-refractivity contribution in [2.45, 2.75) is 59.4 Å². The number of aromatic nitrogens is 2. The third-order valence-corrected chi connectivity index (χ3v) is 5.57. The Morgan fingerprint density at radius 2 is 1.78 bits per heavy atom. The lowest BCUT2D eigenvalue weighted by molar-refractivity contribution is -0.117. The summed E-state index contributed by atoms with van der Waals surface area (Å²) >= 11 is 0. The minimum Gasteiger partial charge on any atom is -0.333 e. The van der Waals surface area contributed by atoms with Gasteiger partial charge in [-0.1, -0.05) is 45.0 Å². The first kappa shape index (κ1) is 18.0. The molecule has 1 aliphatic carbocycles. The van der Waals surface area contributed by atoms with Crippen molar-refractivity contribution in [2.75, 3.05) is 16.8 Å². The van der Waals surface area contributed by atoms with Crippen molar-refractivity contribution >= 4 is 17.5 Å². The number of aryl methyl sites for hydroxylation is 2. The lowest BCUT2D eigenvalue weighted by Gasteiger charge is -2.29. The first-order valence-corrected chi connectivity index (χ1v) is 9.73. The maximum Gasteiger partial charge on any atom is 0.226 e. The van der Waals surface area contributed by atoms with Crippen molar-refractivity contribution in [2.24, 2.45) is 5.41 Å². The number of rotatable bonds is 3. The smallest absolute Gasteiger partial charge is 0.226 e. The first-order chi connectivity index (χ1) is 12.7. The molecule has 1 fully saturated rings. The van der Waals surface area contributed by atoms with Crippen LogP contribution in [0.1, 0.15) is 68.1 Å². The third-order valence-electron chi connectivity index (χ3n) is 5.57.